The van der Waals surface area contributed by atoms with E-state index in [0.717, 1.165) is 0 Å². The maximum atomic E-state index is 8.59. The van der Waals surface area contributed by atoms with Gasteiger partial charge >= 0.3 is 0 Å². The fourth-order valence-electron chi connectivity index (χ4n) is 1.56. The summed E-state index contributed by atoms with van der Waals surface area (Å²) in [5.41, 5.74) is 0. The van der Waals surface area contributed by atoms with Gasteiger partial charge in [0.05, 0.1) is 0 Å². The van der Waals surface area contributed by atoms with Crippen LogP contribution >= 0.6 is 0 Å². The zero-order valence-electron chi connectivity index (χ0n) is 10.8. The Bertz CT molecular complexity index is 161. The van der Waals surface area contributed by atoms with Gasteiger partial charge in [0, 0.05) is 0 Å². The second-order valence-electron chi connectivity index (χ2n) is 4.07. The molecule has 100 valence electrons. The second kappa shape index (κ2) is 17.3. The lowest BCUT2D eigenvalue weighted by atomic mass is 10.1. The van der Waals surface area contributed by atoms with E-state index in [1.165, 1.54) is 64.2 Å². The Morgan fingerprint density at radius 3 is 1.06 bits per heavy atom. The Morgan fingerprint density at radius 1 is 0.688 bits per heavy atom. The molecule has 0 aromatic carbocycles. The van der Waals surface area contributed by atoms with Crippen molar-refractivity contribution in [3.8, 4) is 0 Å². The van der Waals surface area contributed by atoms with Crippen molar-refractivity contribution in [2.45, 2.75) is 78.1 Å². The van der Waals surface area contributed by atoms with Gasteiger partial charge in [0.2, 0.25) is 0 Å². The molecule has 0 unspecified atom stereocenters. The molecule has 0 amide bonds. The highest BCUT2D eigenvalue weighted by Gasteiger charge is 1.90. The Balaban J connectivity index is 0. The first-order valence-electron chi connectivity index (χ1n) is 6.48. The van der Waals surface area contributed by atoms with Crippen molar-refractivity contribution < 1.29 is 13.0 Å². The van der Waals surface area contributed by atoms with E-state index in [1.807, 2.05) is 0 Å². The quantitative estimate of drug-likeness (QED) is 0.370. The minimum absolute atomic E-state index is 1.37. The summed E-state index contributed by atoms with van der Waals surface area (Å²) in [7, 11) is -3.12. The highest BCUT2D eigenvalue weighted by atomic mass is 32.2. The maximum Gasteiger partial charge on any atom is 0.254 e. The van der Waals surface area contributed by atoms with Crippen LogP contribution in [0.25, 0.3) is 0 Å². The van der Waals surface area contributed by atoms with Crippen molar-refractivity contribution in [3.05, 3.63) is 0 Å². The van der Waals surface area contributed by atoms with E-state index >= 15 is 0 Å². The maximum absolute atomic E-state index is 8.59. The molecule has 0 aliphatic rings. The largest absolute Gasteiger partial charge is 0.288 e. The smallest absolute Gasteiger partial charge is 0.254 e. The van der Waals surface area contributed by atoms with E-state index in [1.54, 1.807) is 0 Å². The molecule has 0 saturated heterocycles. The summed E-state index contributed by atoms with van der Waals surface area (Å²) in [5.74, 6) is 0. The van der Waals surface area contributed by atoms with Gasteiger partial charge in [-0.2, -0.15) is 0 Å². The molecule has 0 aliphatic heterocycles. The van der Waals surface area contributed by atoms with Crippen molar-refractivity contribution in [3.63, 3.8) is 0 Å². The molecule has 0 fully saturated rings. The summed E-state index contributed by atoms with van der Waals surface area (Å²) in [4.78, 5) is 0. The van der Waals surface area contributed by atoms with Crippen LogP contribution in [-0.4, -0.2) is 13.0 Å². The molecule has 3 nitrogen and oxygen atoms in total. The van der Waals surface area contributed by atoms with Crippen molar-refractivity contribution in [1.29, 1.82) is 0 Å². The molecular formula is C12H28O3S. The van der Waals surface area contributed by atoms with Crippen LogP contribution in [-0.2, 0) is 11.0 Å². The van der Waals surface area contributed by atoms with Crippen LogP contribution in [0.4, 0.5) is 0 Å². The second-order valence-corrected chi connectivity index (χ2v) is 4.54. The summed E-state index contributed by atoms with van der Waals surface area (Å²) in [6.07, 6.45) is 14.4. The SMILES string of the molecule is CCCCCCCCCCCC.O=[SH](=O)O. The van der Waals surface area contributed by atoms with Crippen LogP contribution in [0.2, 0.25) is 0 Å². The molecule has 0 bridgehead atoms. The average Bonchev–Trinajstić information content (AvgIpc) is 2.21. The molecular weight excluding hydrogens is 224 g/mol. The van der Waals surface area contributed by atoms with E-state index < -0.39 is 11.0 Å². The first-order chi connectivity index (χ1) is 7.65. The fraction of sp³-hybridized carbons (Fsp3) is 1.00. The highest BCUT2D eigenvalue weighted by Crippen LogP contribution is 2.09. The number of hydrogen-bond donors (Lipinski definition) is 2. The minimum Gasteiger partial charge on any atom is -0.288 e. The molecule has 0 heterocycles. The Labute approximate surface area is 102 Å². The molecule has 1 N–H and O–H groups in total. The van der Waals surface area contributed by atoms with E-state index in [2.05, 4.69) is 13.8 Å². The monoisotopic (exact) mass is 252 g/mol. The third-order valence-electron chi connectivity index (χ3n) is 2.46. The molecule has 0 aromatic rings. The lowest BCUT2D eigenvalue weighted by Crippen LogP contribution is -1.80. The summed E-state index contributed by atoms with van der Waals surface area (Å²) < 4.78 is 24.2. The molecule has 0 saturated carbocycles. The average molecular weight is 252 g/mol. The highest BCUT2D eigenvalue weighted by molar-refractivity contribution is 7.66. The first kappa shape index (κ1) is 18.3. The van der Waals surface area contributed by atoms with Gasteiger partial charge < -0.3 is 0 Å². The predicted octanol–water partition coefficient (Wildman–Crippen LogP) is 4.00. The van der Waals surface area contributed by atoms with Gasteiger partial charge in [-0.05, 0) is 0 Å². The van der Waals surface area contributed by atoms with Gasteiger partial charge in [0.1, 0.15) is 0 Å². The van der Waals surface area contributed by atoms with E-state index in [9.17, 15) is 0 Å². The van der Waals surface area contributed by atoms with Gasteiger partial charge in [0.15, 0.2) is 0 Å². The summed E-state index contributed by atoms with van der Waals surface area (Å²) in [6.45, 7) is 4.56. The third-order valence-corrected chi connectivity index (χ3v) is 2.46. The Kier molecular flexibility index (Phi) is 19.8. The molecule has 0 aliphatic carbocycles. The third kappa shape index (κ3) is 29.2. The van der Waals surface area contributed by atoms with Crippen LogP contribution in [0.1, 0.15) is 78.1 Å². The van der Waals surface area contributed by atoms with Crippen LogP contribution < -0.4 is 0 Å². The van der Waals surface area contributed by atoms with Crippen LogP contribution in [0.3, 0.4) is 0 Å². The van der Waals surface area contributed by atoms with Crippen molar-refractivity contribution in [2.24, 2.45) is 0 Å². The Morgan fingerprint density at radius 2 is 0.875 bits per heavy atom. The molecule has 0 spiro atoms. The first-order valence-corrected chi connectivity index (χ1v) is 7.61. The molecule has 4 heteroatoms. The zero-order chi connectivity index (χ0) is 12.6. The number of thiol groups is 1. The topological polar surface area (TPSA) is 54.4 Å². The van der Waals surface area contributed by atoms with Crippen LogP contribution in [0, 0.1) is 0 Å². The molecule has 0 radical (unpaired) electrons. The summed E-state index contributed by atoms with van der Waals surface area (Å²) in [6, 6.07) is 0. The Hall–Kier alpha value is -0.0900. The van der Waals surface area contributed by atoms with E-state index in [4.69, 9.17) is 13.0 Å². The molecule has 0 atom stereocenters. The van der Waals surface area contributed by atoms with Gasteiger partial charge in [-0.25, -0.2) is 8.42 Å². The van der Waals surface area contributed by atoms with Gasteiger partial charge in [-0.1, -0.05) is 78.1 Å². The van der Waals surface area contributed by atoms with Crippen molar-refractivity contribution in [2.75, 3.05) is 0 Å². The zero-order valence-corrected chi connectivity index (χ0v) is 11.7. The molecule has 0 aromatic heterocycles. The van der Waals surface area contributed by atoms with E-state index in [-0.39, 0.29) is 0 Å². The predicted molar refractivity (Wildman–Crippen MR) is 70.5 cm³/mol. The van der Waals surface area contributed by atoms with Crippen LogP contribution in [0.5, 0.6) is 0 Å². The number of hydrogen-bond acceptors (Lipinski definition) is 2. The standard InChI is InChI=1S/C12H26.H2O3S/c1-3-5-7-9-11-12-10-8-6-4-2;1-4(2)3/h3-12H2,1-2H3;4H,(H,1,2,3). The van der Waals surface area contributed by atoms with Gasteiger partial charge in [0.25, 0.3) is 11.0 Å². The molecule has 0 rings (SSSR count). The number of unbranched alkanes of at least 4 members (excludes halogenated alkanes) is 9. The molecule has 16 heavy (non-hydrogen) atoms. The van der Waals surface area contributed by atoms with Gasteiger partial charge in [-0.15, -0.1) is 0 Å². The minimum atomic E-state index is -3.12. The van der Waals surface area contributed by atoms with Crippen molar-refractivity contribution >= 4 is 11.0 Å². The van der Waals surface area contributed by atoms with Crippen molar-refractivity contribution in [1.82, 2.24) is 0 Å². The van der Waals surface area contributed by atoms with Gasteiger partial charge in [-0.3, -0.25) is 4.55 Å². The summed E-state index contributed by atoms with van der Waals surface area (Å²) >= 11 is 0. The van der Waals surface area contributed by atoms with Crippen LogP contribution in [0.15, 0.2) is 0 Å². The fourth-order valence-corrected chi connectivity index (χ4v) is 1.56. The number of rotatable bonds is 9. The normalized spacial score (nSPS) is 10.0. The summed E-state index contributed by atoms with van der Waals surface area (Å²) in [5, 5.41) is 0. The lowest BCUT2D eigenvalue weighted by molar-refractivity contribution is 0.509. The lowest BCUT2D eigenvalue weighted by Gasteiger charge is -1.99. The van der Waals surface area contributed by atoms with E-state index in [0.29, 0.717) is 0 Å².